The minimum absolute atomic E-state index is 0.114. The quantitative estimate of drug-likeness (QED) is 0.789. The summed E-state index contributed by atoms with van der Waals surface area (Å²) < 4.78 is 5.74. The molecule has 0 radical (unpaired) electrons. The summed E-state index contributed by atoms with van der Waals surface area (Å²) in [4.78, 5) is 12.0. The molecule has 0 bridgehead atoms. The summed E-state index contributed by atoms with van der Waals surface area (Å²) in [5.41, 5.74) is 1.62. The Morgan fingerprint density at radius 1 is 1.32 bits per heavy atom. The summed E-state index contributed by atoms with van der Waals surface area (Å²) in [6.45, 7) is 2.50. The average molecular weight is 315 g/mol. The molecule has 0 aliphatic rings. The summed E-state index contributed by atoms with van der Waals surface area (Å²) in [6, 6.07) is 12.0. The zero-order chi connectivity index (χ0) is 15.8. The van der Waals surface area contributed by atoms with Gasteiger partial charge in [0.05, 0.1) is 6.54 Å². The van der Waals surface area contributed by atoms with E-state index in [4.69, 9.17) is 4.74 Å². The maximum atomic E-state index is 12.0. The van der Waals surface area contributed by atoms with Crippen molar-refractivity contribution in [3.8, 4) is 0 Å². The number of nitrogens with one attached hydrogen (secondary N) is 1. The van der Waals surface area contributed by atoms with Crippen molar-refractivity contribution in [1.29, 1.82) is 0 Å². The van der Waals surface area contributed by atoms with E-state index in [9.17, 15) is 4.79 Å². The van der Waals surface area contributed by atoms with Gasteiger partial charge in [-0.05, 0) is 40.5 Å². The maximum Gasteiger partial charge on any atom is 0.244 e. The Hall–Kier alpha value is -1.91. The molecule has 22 heavy (non-hydrogen) atoms. The molecule has 0 aliphatic carbocycles. The lowest BCUT2D eigenvalue weighted by molar-refractivity contribution is -0.118. The van der Waals surface area contributed by atoms with E-state index >= 15 is 0 Å². The number of hydrogen-bond donors (Lipinski definition) is 1. The van der Waals surface area contributed by atoms with Gasteiger partial charge in [0, 0.05) is 13.2 Å². The van der Waals surface area contributed by atoms with Crippen LogP contribution in [-0.4, -0.2) is 19.6 Å². The molecule has 116 valence electrons. The molecule has 1 atom stereocenters. The van der Waals surface area contributed by atoms with Crippen LogP contribution in [0, 0.1) is 0 Å². The third-order valence-corrected chi connectivity index (χ3v) is 4.48. The van der Waals surface area contributed by atoms with Crippen LogP contribution in [0.5, 0.6) is 0 Å². The van der Waals surface area contributed by atoms with Gasteiger partial charge < -0.3 is 10.1 Å². The molecular formula is C18H21NO2S. The van der Waals surface area contributed by atoms with Crippen molar-refractivity contribution < 1.29 is 9.53 Å². The van der Waals surface area contributed by atoms with Crippen molar-refractivity contribution in [1.82, 2.24) is 5.32 Å². The molecule has 0 fully saturated rings. The molecule has 1 N–H and O–H groups in total. The molecule has 1 aromatic heterocycles. The minimum atomic E-state index is -0.493. The highest BCUT2D eigenvalue weighted by atomic mass is 32.1. The average Bonchev–Trinajstić information content (AvgIpc) is 3.09. The largest absolute Gasteiger partial charge is 0.372 e. The number of hydrogen-bond acceptors (Lipinski definition) is 3. The predicted octanol–water partition coefficient (Wildman–Crippen LogP) is 3.83. The molecular weight excluding hydrogens is 294 g/mol. The van der Waals surface area contributed by atoms with Gasteiger partial charge in [-0.25, -0.2) is 0 Å². The first-order valence-corrected chi connectivity index (χ1v) is 8.23. The predicted molar refractivity (Wildman–Crippen MR) is 91.8 cm³/mol. The lowest BCUT2D eigenvalue weighted by Gasteiger charge is -2.32. The topological polar surface area (TPSA) is 38.3 Å². The van der Waals surface area contributed by atoms with Gasteiger partial charge in [0.15, 0.2) is 0 Å². The third kappa shape index (κ3) is 4.06. The van der Waals surface area contributed by atoms with E-state index in [0.717, 1.165) is 17.5 Å². The molecule has 1 amide bonds. The highest BCUT2D eigenvalue weighted by Crippen LogP contribution is 2.27. The standard InChI is InChI=1S/C18H21NO2S/c1-3-18(21-2,16-7-5-4-6-8-16)14-19-17(20)10-9-15-11-12-22-13-15/h4-13H,3,14H2,1-2H3,(H,19,20). The molecule has 2 aromatic rings. The normalized spacial score (nSPS) is 13.9. The van der Waals surface area contributed by atoms with Gasteiger partial charge in [0.2, 0.25) is 5.91 Å². The Labute approximate surface area is 135 Å². The smallest absolute Gasteiger partial charge is 0.244 e. The lowest BCUT2D eigenvalue weighted by Crippen LogP contribution is -2.41. The number of ether oxygens (including phenoxy) is 1. The molecule has 1 unspecified atom stereocenters. The van der Waals surface area contributed by atoms with Gasteiger partial charge in [-0.15, -0.1) is 0 Å². The summed E-state index contributed by atoms with van der Waals surface area (Å²) in [5, 5.41) is 6.92. The zero-order valence-corrected chi connectivity index (χ0v) is 13.7. The molecule has 0 saturated heterocycles. The molecule has 0 saturated carbocycles. The van der Waals surface area contributed by atoms with Gasteiger partial charge in [-0.1, -0.05) is 37.3 Å². The Morgan fingerprint density at radius 3 is 2.68 bits per heavy atom. The molecule has 2 rings (SSSR count). The number of benzene rings is 1. The summed E-state index contributed by atoms with van der Waals surface area (Å²) in [7, 11) is 1.68. The van der Waals surface area contributed by atoms with E-state index in [1.165, 1.54) is 0 Å². The van der Waals surface area contributed by atoms with Crippen LogP contribution in [0.1, 0.15) is 24.5 Å². The lowest BCUT2D eigenvalue weighted by atomic mass is 9.90. The Balaban J connectivity index is 2.01. The second kappa shape index (κ2) is 7.92. The second-order valence-electron chi connectivity index (χ2n) is 5.03. The second-order valence-corrected chi connectivity index (χ2v) is 5.81. The molecule has 4 heteroatoms. The fourth-order valence-corrected chi connectivity index (χ4v) is 2.97. The first-order valence-electron chi connectivity index (χ1n) is 7.29. The van der Waals surface area contributed by atoms with Crippen LogP contribution < -0.4 is 5.32 Å². The van der Waals surface area contributed by atoms with Gasteiger partial charge in [-0.2, -0.15) is 11.3 Å². The summed E-state index contributed by atoms with van der Waals surface area (Å²) in [6.07, 6.45) is 4.15. The van der Waals surface area contributed by atoms with E-state index in [2.05, 4.69) is 12.2 Å². The van der Waals surface area contributed by atoms with Gasteiger partial charge in [0.1, 0.15) is 5.60 Å². The van der Waals surface area contributed by atoms with Crippen molar-refractivity contribution in [3.05, 3.63) is 64.4 Å². The third-order valence-electron chi connectivity index (χ3n) is 3.78. The highest BCUT2D eigenvalue weighted by molar-refractivity contribution is 7.08. The van der Waals surface area contributed by atoms with Gasteiger partial charge in [0.25, 0.3) is 0 Å². The van der Waals surface area contributed by atoms with Crippen molar-refractivity contribution >= 4 is 23.3 Å². The van der Waals surface area contributed by atoms with Crippen LogP contribution >= 0.6 is 11.3 Å². The number of carbonyl (C=O) groups is 1. The Morgan fingerprint density at radius 2 is 2.09 bits per heavy atom. The van der Waals surface area contributed by atoms with Crippen molar-refractivity contribution in [2.75, 3.05) is 13.7 Å². The van der Waals surface area contributed by atoms with Crippen LogP contribution in [0.25, 0.3) is 6.08 Å². The monoisotopic (exact) mass is 315 g/mol. The number of rotatable bonds is 7. The summed E-state index contributed by atoms with van der Waals surface area (Å²) in [5.74, 6) is -0.114. The van der Waals surface area contributed by atoms with Crippen molar-refractivity contribution in [3.63, 3.8) is 0 Å². The number of methoxy groups -OCH3 is 1. The SMILES string of the molecule is CCC(CNC(=O)C=Cc1ccsc1)(OC)c1ccccc1. The van der Waals surface area contributed by atoms with Crippen LogP contribution in [0.15, 0.2) is 53.2 Å². The number of amides is 1. The zero-order valence-electron chi connectivity index (χ0n) is 12.9. The van der Waals surface area contributed by atoms with Crippen LogP contribution in [0.3, 0.4) is 0 Å². The van der Waals surface area contributed by atoms with Gasteiger partial charge >= 0.3 is 0 Å². The fraction of sp³-hybridized carbons (Fsp3) is 0.278. The Bertz CT molecular complexity index is 601. The first kappa shape index (κ1) is 16.5. The van der Waals surface area contributed by atoms with E-state index in [1.807, 2.05) is 53.2 Å². The first-order chi connectivity index (χ1) is 10.7. The van der Waals surface area contributed by atoms with Crippen LogP contribution in [0.4, 0.5) is 0 Å². The molecule has 0 aliphatic heterocycles. The van der Waals surface area contributed by atoms with Crippen molar-refractivity contribution in [2.24, 2.45) is 0 Å². The van der Waals surface area contributed by atoms with E-state index in [0.29, 0.717) is 6.54 Å². The highest BCUT2D eigenvalue weighted by Gasteiger charge is 2.30. The van der Waals surface area contributed by atoms with Crippen LogP contribution in [-0.2, 0) is 15.1 Å². The molecule has 3 nitrogen and oxygen atoms in total. The minimum Gasteiger partial charge on any atom is -0.372 e. The number of carbonyl (C=O) groups excluding carboxylic acids is 1. The van der Waals surface area contributed by atoms with E-state index in [1.54, 1.807) is 24.5 Å². The molecule has 1 heterocycles. The van der Waals surface area contributed by atoms with E-state index < -0.39 is 5.60 Å². The van der Waals surface area contributed by atoms with Crippen LogP contribution in [0.2, 0.25) is 0 Å². The molecule has 1 aromatic carbocycles. The van der Waals surface area contributed by atoms with Crippen molar-refractivity contribution in [2.45, 2.75) is 18.9 Å². The maximum absolute atomic E-state index is 12.0. The molecule has 0 spiro atoms. The fourth-order valence-electron chi connectivity index (χ4n) is 2.34. The van der Waals surface area contributed by atoms with Gasteiger partial charge in [-0.3, -0.25) is 4.79 Å². The number of thiophene rings is 1. The Kier molecular flexibility index (Phi) is 5.92. The summed E-state index contributed by atoms with van der Waals surface area (Å²) >= 11 is 1.61. The van der Waals surface area contributed by atoms with E-state index in [-0.39, 0.29) is 5.91 Å².